The molecule has 1 atom stereocenters. The van der Waals surface area contributed by atoms with Gasteiger partial charge >= 0.3 is 0 Å². The van der Waals surface area contributed by atoms with Crippen LogP contribution in [0.3, 0.4) is 0 Å². The summed E-state index contributed by atoms with van der Waals surface area (Å²) < 4.78 is 10.4. The van der Waals surface area contributed by atoms with Gasteiger partial charge in [-0.3, -0.25) is 4.79 Å². The zero-order chi connectivity index (χ0) is 14.2. The first-order valence-corrected chi connectivity index (χ1v) is 6.88. The Morgan fingerprint density at radius 1 is 1.55 bits per heavy atom. The van der Waals surface area contributed by atoms with Crippen molar-refractivity contribution in [3.8, 4) is 0 Å². The van der Waals surface area contributed by atoms with Crippen molar-refractivity contribution >= 4 is 11.7 Å². The highest BCUT2D eigenvalue weighted by atomic mass is 16.5. The number of methoxy groups -OCH3 is 1. The Kier molecular flexibility index (Phi) is 5.76. The third-order valence-corrected chi connectivity index (χ3v) is 3.15. The first-order valence-electron chi connectivity index (χ1n) is 6.88. The lowest BCUT2D eigenvalue weighted by molar-refractivity contribution is 0.0857. The fourth-order valence-corrected chi connectivity index (χ4v) is 2.03. The number of pyridine rings is 1. The van der Waals surface area contributed by atoms with Crippen molar-refractivity contribution in [3.05, 3.63) is 23.9 Å². The van der Waals surface area contributed by atoms with Crippen LogP contribution in [0.15, 0.2) is 18.3 Å². The fraction of sp³-hybridized carbons (Fsp3) is 0.571. The number of nitrogens with zero attached hydrogens (tertiary/aromatic N) is 1. The Morgan fingerprint density at radius 3 is 3.10 bits per heavy atom. The van der Waals surface area contributed by atoms with Gasteiger partial charge in [-0.2, -0.15) is 0 Å². The fourth-order valence-electron chi connectivity index (χ4n) is 2.03. The summed E-state index contributed by atoms with van der Waals surface area (Å²) in [6, 6.07) is 3.55. The van der Waals surface area contributed by atoms with Gasteiger partial charge in [0.1, 0.15) is 5.82 Å². The van der Waals surface area contributed by atoms with Crippen molar-refractivity contribution in [2.75, 3.05) is 38.7 Å². The van der Waals surface area contributed by atoms with E-state index in [0.29, 0.717) is 25.3 Å². The van der Waals surface area contributed by atoms with E-state index in [9.17, 15) is 4.79 Å². The minimum atomic E-state index is -0.114. The van der Waals surface area contributed by atoms with Crippen LogP contribution in [-0.2, 0) is 9.47 Å². The average Bonchev–Trinajstić information content (AvgIpc) is 2.99. The number of amides is 1. The molecule has 1 aliphatic rings. The number of carbonyl (C=O) groups excluding carboxylic acids is 1. The first kappa shape index (κ1) is 14.7. The molecule has 2 N–H and O–H groups in total. The van der Waals surface area contributed by atoms with Crippen LogP contribution in [0.1, 0.15) is 23.2 Å². The van der Waals surface area contributed by atoms with Gasteiger partial charge in [0, 0.05) is 33.0 Å². The summed E-state index contributed by atoms with van der Waals surface area (Å²) in [6.45, 7) is 2.66. The summed E-state index contributed by atoms with van der Waals surface area (Å²) in [7, 11) is 1.65. The maximum Gasteiger partial charge on any atom is 0.252 e. The van der Waals surface area contributed by atoms with Gasteiger partial charge in [-0.25, -0.2) is 4.98 Å². The Hall–Kier alpha value is -1.66. The van der Waals surface area contributed by atoms with Crippen molar-refractivity contribution in [3.63, 3.8) is 0 Å². The van der Waals surface area contributed by atoms with Crippen molar-refractivity contribution in [2.45, 2.75) is 18.9 Å². The quantitative estimate of drug-likeness (QED) is 0.730. The summed E-state index contributed by atoms with van der Waals surface area (Å²) in [5.41, 5.74) is 0.556. The molecule has 1 aromatic rings. The number of aromatic nitrogens is 1. The van der Waals surface area contributed by atoms with E-state index in [-0.39, 0.29) is 12.0 Å². The van der Waals surface area contributed by atoms with Crippen LogP contribution in [0.4, 0.5) is 5.82 Å². The summed E-state index contributed by atoms with van der Waals surface area (Å²) in [5, 5.41) is 5.97. The number of nitrogens with one attached hydrogen (secondary N) is 2. The molecule has 1 aliphatic heterocycles. The normalized spacial score (nSPS) is 17.9. The Labute approximate surface area is 118 Å². The SMILES string of the molecule is COCCNc1ccc(C(=O)NCC2CCCO2)cn1. The van der Waals surface area contributed by atoms with Gasteiger partial charge in [0.15, 0.2) is 0 Å². The second-order valence-electron chi connectivity index (χ2n) is 4.70. The monoisotopic (exact) mass is 279 g/mol. The van der Waals surface area contributed by atoms with Gasteiger partial charge in [-0.05, 0) is 25.0 Å². The third-order valence-electron chi connectivity index (χ3n) is 3.15. The Morgan fingerprint density at radius 2 is 2.45 bits per heavy atom. The van der Waals surface area contributed by atoms with Crippen LogP contribution in [0, 0.1) is 0 Å². The molecule has 0 bridgehead atoms. The molecule has 1 amide bonds. The number of ether oxygens (including phenoxy) is 2. The van der Waals surface area contributed by atoms with E-state index in [2.05, 4.69) is 15.6 Å². The minimum absolute atomic E-state index is 0.114. The highest BCUT2D eigenvalue weighted by molar-refractivity contribution is 5.94. The van der Waals surface area contributed by atoms with Gasteiger partial charge in [0.05, 0.1) is 18.3 Å². The first-order chi connectivity index (χ1) is 9.79. The van der Waals surface area contributed by atoms with Crippen LogP contribution >= 0.6 is 0 Å². The van der Waals surface area contributed by atoms with Crippen LogP contribution in [0.5, 0.6) is 0 Å². The highest BCUT2D eigenvalue weighted by Crippen LogP contribution is 2.11. The van der Waals surface area contributed by atoms with Crippen molar-refractivity contribution < 1.29 is 14.3 Å². The van der Waals surface area contributed by atoms with E-state index >= 15 is 0 Å². The second-order valence-corrected chi connectivity index (χ2v) is 4.70. The van der Waals surface area contributed by atoms with Gasteiger partial charge < -0.3 is 20.1 Å². The molecule has 0 spiro atoms. The summed E-state index contributed by atoms with van der Waals surface area (Å²) in [6.07, 6.45) is 3.81. The summed E-state index contributed by atoms with van der Waals surface area (Å²) in [5.74, 6) is 0.620. The van der Waals surface area contributed by atoms with E-state index in [1.165, 1.54) is 0 Å². The molecule has 2 heterocycles. The summed E-state index contributed by atoms with van der Waals surface area (Å²) in [4.78, 5) is 16.1. The zero-order valence-electron chi connectivity index (χ0n) is 11.7. The molecular formula is C14H21N3O3. The molecule has 6 heteroatoms. The predicted molar refractivity (Wildman–Crippen MR) is 75.9 cm³/mol. The number of anilines is 1. The molecule has 1 saturated heterocycles. The van der Waals surface area contributed by atoms with E-state index in [4.69, 9.17) is 9.47 Å². The van der Waals surface area contributed by atoms with Crippen LogP contribution < -0.4 is 10.6 Å². The van der Waals surface area contributed by atoms with Crippen molar-refractivity contribution in [2.24, 2.45) is 0 Å². The lowest BCUT2D eigenvalue weighted by Crippen LogP contribution is -2.31. The number of carbonyl (C=O) groups is 1. The molecule has 20 heavy (non-hydrogen) atoms. The molecule has 1 fully saturated rings. The molecule has 0 aromatic carbocycles. The largest absolute Gasteiger partial charge is 0.383 e. The minimum Gasteiger partial charge on any atom is -0.383 e. The maximum atomic E-state index is 11.9. The zero-order valence-corrected chi connectivity index (χ0v) is 11.7. The van der Waals surface area contributed by atoms with E-state index in [1.807, 2.05) is 0 Å². The van der Waals surface area contributed by atoms with E-state index in [1.54, 1.807) is 25.4 Å². The molecule has 2 rings (SSSR count). The smallest absolute Gasteiger partial charge is 0.252 e. The van der Waals surface area contributed by atoms with Crippen molar-refractivity contribution in [1.82, 2.24) is 10.3 Å². The lowest BCUT2D eigenvalue weighted by Gasteiger charge is -2.11. The average molecular weight is 279 g/mol. The molecular weight excluding hydrogens is 258 g/mol. The van der Waals surface area contributed by atoms with Crippen LogP contribution in [0.25, 0.3) is 0 Å². The Balaban J connectivity index is 1.77. The molecule has 110 valence electrons. The molecule has 0 radical (unpaired) electrons. The number of rotatable bonds is 7. The van der Waals surface area contributed by atoms with Crippen molar-refractivity contribution in [1.29, 1.82) is 0 Å². The molecule has 0 saturated carbocycles. The van der Waals surface area contributed by atoms with Crippen LogP contribution in [0.2, 0.25) is 0 Å². The third kappa shape index (κ3) is 4.47. The predicted octanol–water partition coefficient (Wildman–Crippen LogP) is 1.05. The lowest BCUT2D eigenvalue weighted by atomic mass is 10.2. The summed E-state index contributed by atoms with van der Waals surface area (Å²) >= 11 is 0. The number of hydrogen-bond acceptors (Lipinski definition) is 5. The Bertz CT molecular complexity index is 416. The van der Waals surface area contributed by atoms with E-state index < -0.39 is 0 Å². The standard InChI is InChI=1S/C14H21N3O3/c1-19-8-6-15-13-5-4-11(9-16-13)14(18)17-10-12-3-2-7-20-12/h4-5,9,12H,2-3,6-8,10H2,1H3,(H,15,16)(H,17,18). The van der Waals surface area contributed by atoms with Crippen LogP contribution in [-0.4, -0.2) is 50.4 Å². The topological polar surface area (TPSA) is 72.5 Å². The molecule has 0 aliphatic carbocycles. The molecule has 6 nitrogen and oxygen atoms in total. The second kappa shape index (κ2) is 7.81. The molecule has 1 unspecified atom stereocenters. The molecule has 1 aromatic heterocycles. The van der Waals surface area contributed by atoms with Gasteiger partial charge in [-0.1, -0.05) is 0 Å². The number of hydrogen-bond donors (Lipinski definition) is 2. The maximum absolute atomic E-state index is 11.9. The van der Waals surface area contributed by atoms with Gasteiger partial charge in [0.2, 0.25) is 0 Å². The van der Waals surface area contributed by atoms with E-state index in [0.717, 1.165) is 25.3 Å². The van der Waals surface area contributed by atoms with Gasteiger partial charge in [0.25, 0.3) is 5.91 Å². The highest BCUT2D eigenvalue weighted by Gasteiger charge is 2.16. The van der Waals surface area contributed by atoms with Gasteiger partial charge in [-0.15, -0.1) is 0 Å².